The largest absolute Gasteiger partial charge is 0.412 e. The molecule has 0 saturated carbocycles. The van der Waals surface area contributed by atoms with Gasteiger partial charge in [-0.2, -0.15) is 0 Å². The highest BCUT2D eigenvalue weighted by atomic mass is 35.5. The number of alkyl halides is 1. The lowest BCUT2D eigenvalue weighted by molar-refractivity contribution is 0.0631. The molecule has 1 aliphatic carbocycles. The van der Waals surface area contributed by atoms with Crippen molar-refractivity contribution in [3.63, 3.8) is 0 Å². The van der Waals surface area contributed by atoms with Crippen LogP contribution in [-0.4, -0.2) is 58.9 Å². The zero-order valence-electron chi connectivity index (χ0n) is 21.8. The van der Waals surface area contributed by atoms with Crippen molar-refractivity contribution in [3.05, 3.63) is 59.7 Å². The van der Waals surface area contributed by atoms with Crippen LogP contribution in [0.25, 0.3) is 0 Å². The van der Waals surface area contributed by atoms with E-state index >= 15 is 0 Å². The molecule has 5 nitrogen and oxygen atoms in total. The Bertz CT molecular complexity index is 752. The molecule has 1 aromatic carbocycles. The number of piperidine rings is 1. The fourth-order valence-corrected chi connectivity index (χ4v) is 5.50. The van der Waals surface area contributed by atoms with Crippen LogP contribution in [0.2, 0.25) is 0 Å². The third-order valence-corrected chi connectivity index (χ3v) is 7.72. The van der Waals surface area contributed by atoms with Gasteiger partial charge in [-0.3, -0.25) is 0 Å². The number of hydrogen-bond acceptors (Lipinski definition) is 2. The second-order valence-electron chi connectivity index (χ2n) is 10.8. The van der Waals surface area contributed by atoms with Gasteiger partial charge in [-0.25, -0.2) is 0 Å². The number of nitrogens with zero attached hydrogens (tertiary/aromatic N) is 1. The van der Waals surface area contributed by atoms with Crippen LogP contribution >= 0.6 is 11.6 Å². The first-order chi connectivity index (χ1) is 14.8. The van der Waals surface area contributed by atoms with Crippen molar-refractivity contribution in [2.24, 2.45) is 17.3 Å². The van der Waals surface area contributed by atoms with Gasteiger partial charge in [-0.15, -0.1) is 11.6 Å². The lowest BCUT2D eigenvalue weighted by Crippen LogP contribution is -2.52. The van der Waals surface area contributed by atoms with Gasteiger partial charge in [0.25, 0.3) is 0 Å². The minimum absolute atomic E-state index is 0. The molecule has 2 aliphatic rings. The molecule has 1 unspecified atom stereocenters. The maximum atomic E-state index is 6.25. The molecule has 35 heavy (non-hydrogen) atoms. The van der Waals surface area contributed by atoms with E-state index in [1.807, 2.05) is 0 Å². The zero-order chi connectivity index (χ0) is 22.4. The summed E-state index contributed by atoms with van der Waals surface area (Å²) >= 11 is 6.25. The predicted molar refractivity (Wildman–Crippen MR) is 153 cm³/mol. The molecule has 4 atom stereocenters. The first-order valence-electron chi connectivity index (χ1n) is 12.3. The summed E-state index contributed by atoms with van der Waals surface area (Å²) in [5, 5.41) is 4.07. The Balaban J connectivity index is 0. The zero-order valence-corrected chi connectivity index (χ0v) is 22.5. The number of halogens is 1. The minimum Gasteiger partial charge on any atom is -0.412 e. The third kappa shape index (κ3) is 10.4. The van der Waals surface area contributed by atoms with Crippen LogP contribution < -0.4 is 5.32 Å². The molecule has 1 aliphatic heterocycles. The van der Waals surface area contributed by atoms with Crippen molar-refractivity contribution >= 4 is 11.6 Å². The first kappa shape index (κ1) is 35.9. The highest BCUT2D eigenvalue weighted by Gasteiger charge is 2.38. The summed E-state index contributed by atoms with van der Waals surface area (Å²) in [6, 6.07) is 11.4. The predicted octanol–water partition coefficient (Wildman–Crippen LogP) is 4.80. The van der Waals surface area contributed by atoms with Crippen molar-refractivity contribution in [2.45, 2.75) is 78.6 Å². The average Bonchev–Trinajstić information content (AvgIpc) is 2.74. The van der Waals surface area contributed by atoms with Crippen molar-refractivity contribution in [1.29, 1.82) is 0 Å². The van der Waals surface area contributed by atoms with E-state index in [0.717, 1.165) is 19.5 Å². The van der Waals surface area contributed by atoms with E-state index in [1.54, 1.807) is 0 Å². The number of nitrogens with one attached hydrogen (secondary N) is 1. The van der Waals surface area contributed by atoms with E-state index in [0.29, 0.717) is 23.8 Å². The summed E-state index contributed by atoms with van der Waals surface area (Å²) in [5.41, 5.74) is 3.24. The van der Waals surface area contributed by atoms with Gasteiger partial charge in [0.1, 0.15) is 0 Å². The molecule has 0 spiro atoms. The molecule has 1 fully saturated rings. The van der Waals surface area contributed by atoms with Crippen molar-refractivity contribution in [1.82, 2.24) is 10.2 Å². The Morgan fingerprint density at radius 3 is 2.29 bits per heavy atom. The fourth-order valence-electron chi connectivity index (χ4n) is 5.33. The molecule has 7 N–H and O–H groups in total. The number of hydrogen-bond donors (Lipinski definition) is 1. The van der Waals surface area contributed by atoms with Crippen LogP contribution in [-0.2, 0) is 0 Å². The lowest BCUT2D eigenvalue weighted by atomic mass is 9.69. The summed E-state index contributed by atoms with van der Waals surface area (Å²) in [6.07, 6.45) is 10.2. The van der Waals surface area contributed by atoms with Gasteiger partial charge in [-0.1, -0.05) is 90.6 Å². The van der Waals surface area contributed by atoms with Gasteiger partial charge in [-0.05, 0) is 66.7 Å². The van der Waals surface area contributed by atoms with E-state index in [-0.39, 0.29) is 34.6 Å². The number of benzene rings is 1. The monoisotopic (exact) mass is 512 g/mol. The molecule has 204 valence electrons. The first-order valence-corrected chi connectivity index (χ1v) is 12.7. The van der Waals surface area contributed by atoms with Gasteiger partial charge in [0.2, 0.25) is 0 Å². The van der Waals surface area contributed by atoms with E-state index in [9.17, 15) is 0 Å². The highest BCUT2D eigenvalue weighted by Crippen LogP contribution is 2.41. The van der Waals surface area contributed by atoms with Gasteiger partial charge in [0, 0.05) is 19.1 Å². The molecular weight excluding hydrogens is 460 g/mol. The topological polar surface area (TPSA) is 110 Å². The molecular formula is C29H53ClN2O3. The Labute approximate surface area is 219 Å². The van der Waals surface area contributed by atoms with Crippen LogP contribution in [0.3, 0.4) is 0 Å². The normalized spacial score (nSPS) is 23.0. The maximum absolute atomic E-state index is 6.25. The molecule has 1 heterocycles. The third-order valence-electron chi connectivity index (χ3n) is 7.40. The molecule has 0 radical (unpaired) electrons. The highest BCUT2D eigenvalue weighted by molar-refractivity contribution is 6.22. The standard InChI is InChI=1S/C28H43ClN2.CH4.3H2O/c1-21(2)27(30-17-15-22(3)23-9-7-6-8-10-23)19-31-18-16-26(28(4,5)20-31)24-11-13-25(29)14-12-24;;;;/h6-13,21-22,25-27,30H,14-20H2,1-5H3;1H4;3*1H2/t22-,25?,26-,27+;;;;/m1..../s1. The molecule has 3 rings (SSSR count). The van der Waals surface area contributed by atoms with Crippen LogP contribution in [0.4, 0.5) is 0 Å². The van der Waals surface area contributed by atoms with E-state index in [4.69, 9.17) is 11.6 Å². The summed E-state index contributed by atoms with van der Waals surface area (Å²) in [4.78, 5) is 2.70. The van der Waals surface area contributed by atoms with E-state index in [2.05, 4.69) is 93.4 Å². The van der Waals surface area contributed by atoms with E-state index < -0.39 is 0 Å². The maximum Gasteiger partial charge on any atom is 0.0553 e. The fraction of sp³-hybridized carbons (Fsp3) is 0.655. The van der Waals surface area contributed by atoms with Crippen molar-refractivity contribution in [2.75, 3.05) is 26.2 Å². The van der Waals surface area contributed by atoms with Gasteiger partial charge in [0.15, 0.2) is 0 Å². The molecule has 0 aromatic heterocycles. The number of allylic oxidation sites excluding steroid dienone is 4. The Kier molecular flexibility index (Phi) is 17.0. The summed E-state index contributed by atoms with van der Waals surface area (Å²) in [7, 11) is 0. The van der Waals surface area contributed by atoms with Crippen LogP contribution in [0, 0.1) is 17.3 Å². The Morgan fingerprint density at radius 2 is 1.74 bits per heavy atom. The number of likely N-dealkylation sites (tertiary alicyclic amines) is 1. The van der Waals surface area contributed by atoms with Crippen LogP contribution in [0.1, 0.15) is 72.8 Å². The molecule has 0 bridgehead atoms. The smallest absolute Gasteiger partial charge is 0.0553 e. The molecule has 6 heteroatoms. The average molecular weight is 513 g/mol. The van der Waals surface area contributed by atoms with Gasteiger partial charge >= 0.3 is 0 Å². The summed E-state index contributed by atoms with van der Waals surface area (Å²) in [6.45, 7) is 16.5. The van der Waals surface area contributed by atoms with Gasteiger partial charge < -0.3 is 26.6 Å². The minimum atomic E-state index is 0. The van der Waals surface area contributed by atoms with Crippen molar-refractivity contribution in [3.8, 4) is 0 Å². The summed E-state index contributed by atoms with van der Waals surface area (Å²) in [5.74, 6) is 1.87. The van der Waals surface area contributed by atoms with Crippen molar-refractivity contribution < 1.29 is 16.4 Å². The molecule has 0 amide bonds. The van der Waals surface area contributed by atoms with Crippen LogP contribution in [0.5, 0.6) is 0 Å². The second kappa shape index (κ2) is 16.5. The van der Waals surface area contributed by atoms with E-state index in [1.165, 1.54) is 37.1 Å². The second-order valence-corrected chi connectivity index (χ2v) is 11.3. The number of rotatable bonds is 9. The molecule has 1 saturated heterocycles. The van der Waals surface area contributed by atoms with Gasteiger partial charge in [0.05, 0.1) is 5.38 Å². The lowest BCUT2D eigenvalue weighted by Gasteiger charge is -2.46. The quantitative estimate of drug-likeness (QED) is 0.479. The Morgan fingerprint density at radius 1 is 1.09 bits per heavy atom. The molecule has 1 aromatic rings. The summed E-state index contributed by atoms with van der Waals surface area (Å²) < 4.78 is 0. The van der Waals surface area contributed by atoms with Crippen LogP contribution in [0.15, 0.2) is 54.1 Å². The SMILES string of the molecule is C.CC(C)[C@H](CN1CC[C@H](C2=CCC(Cl)C=C2)C(C)(C)C1)NCC[C@@H](C)c1ccccc1.O.O.O. The Hall–Kier alpha value is -1.21.